The number of carbonyl (C=O) groups is 1. The van der Waals surface area contributed by atoms with Gasteiger partial charge in [0.05, 0.1) is 15.9 Å². The Morgan fingerprint density at radius 1 is 1.25 bits per heavy atom. The lowest BCUT2D eigenvalue weighted by molar-refractivity contribution is 0.00578. The molecule has 0 aromatic heterocycles. The number of hydrogen-bond donors (Lipinski definition) is 0. The zero-order valence-electron chi connectivity index (χ0n) is 21.8. The fraction of sp³-hybridized carbons (Fsp3) is 0.652. The second-order valence-electron chi connectivity index (χ2n) is 11.4. The van der Waals surface area contributed by atoms with E-state index in [0.717, 1.165) is 0 Å². The van der Waals surface area contributed by atoms with E-state index in [-0.39, 0.29) is 11.5 Å². The summed E-state index contributed by atoms with van der Waals surface area (Å²) in [5.41, 5.74) is -1.29. The molecule has 36 heavy (non-hydrogen) atoms. The summed E-state index contributed by atoms with van der Waals surface area (Å²) in [4.78, 5) is 17.3. The van der Waals surface area contributed by atoms with Crippen LogP contribution in [0, 0.1) is 5.82 Å². The van der Waals surface area contributed by atoms with Gasteiger partial charge in [-0.25, -0.2) is 18.4 Å². The number of nitrogens with zero attached hydrogens (tertiary/aromatic N) is 3. The maximum absolute atomic E-state index is 15.3. The van der Waals surface area contributed by atoms with Gasteiger partial charge in [0, 0.05) is 12.6 Å². The molecule has 1 spiro atoms. The van der Waals surface area contributed by atoms with Crippen LogP contribution in [0.4, 0.5) is 13.1 Å². The molecule has 0 N–H and O–H groups in total. The Morgan fingerprint density at radius 3 is 2.33 bits per heavy atom. The molecule has 2 fully saturated rings. The Bertz CT molecular complexity index is 1110. The maximum Gasteiger partial charge on any atom is 0.494 e. The van der Waals surface area contributed by atoms with Crippen molar-refractivity contribution in [3.05, 3.63) is 29.6 Å². The van der Waals surface area contributed by atoms with Crippen molar-refractivity contribution in [1.29, 1.82) is 0 Å². The molecule has 1 saturated heterocycles. The van der Waals surface area contributed by atoms with Gasteiger partial charge in [0.25, 0.3) is 0 Å². The highest BCUT2D eigenvalue weighted by molar-refractivity contribution is 7.93. The van der Waals surface area contributed by atoms with Gasteiger partial charge in [-0.05, 0) is 72.8 Å². The summed E-state index contributed by atoms with van der Waals surface area (Å²) in [5.74, 6) is -0.758. The molecule has 13 heteroatoms. The normalized spacial score (nSPS) is 26.1. The first kappa shape index (κ1) is 27.3. The monoisotopic (exact) mass is 543 g/mol. The van der Waals surface area contributed by atoms with Crippen LogP contribution in [0.2, 0.25) is 0 Å². The first-order chi connectivity index (χ1) is 16.5. The van der Waals surface area contributed by atoms with Crippen LogP contribution in [0.25, 0.3) is 0 Å². The Balaban J connectivity index is 1.76. The number of guanidine groups is 1. The molecule has 8 nitrogen and oxygen atoms in total. The molecule has 1 aromatic rings. The van der Waals surface area contributed by atoms with Gasteiger partial charge in [0.1, 0.15) is 28.4 Å². The van der Waals surface area contributed by atoms with Crippen molar-refractivity contribution in [2.75, 3.05) is 7.05 Å². The molecule has 1 saturated carbocycles. The highest BCUT2D eigenvalue weighted by Gasteiger charge is 2.61. The molecule has 2 unspecified atom stereocenters. The van der Waals surface area contributed by atoms with Gasteiger partial charge in [-0.15, -0.1) is 3.89 Å². The standard InChI is InChI=1S/C23H32BF2N3O5S2/c1-20(2,3)32-19(30)29(35-26)18-27-17(23(11-12-23)36(31)28(18)8)15-13-14(9-10-16(15)25)24-33-21(4,5)22(6,7)34-24/h9-10,13,17H,11-12H2,1-8H3. The van der Waals surface area contributed by atoms with Crippen molar-refractivity contribution >= 4 is 48.0 Å². The molecule has 1 aliphatic carbocycles. The predicted molar refractivity (Wildman–Crippen MR) is 137 cm³/mol. The number of rotatable bonds is 3. The molecule has 2 aliphatic heterocycles. The first-order valence-electron chi connectivity index (χ1n) is 11.7. The Labute approximate surface area is 218 Å². The lowest BCUT2D eigenvalue weighted by Gasteiger charge is -2.37. The third kappa shape index (κ3) is 4.67. The lowest BCUT2D eigenvalue weighted by atomic mass is 9.77. The largest absolute Gasteiger partial charge is 0.494 e. The fourth-order valence-electron chi connectivity index (χ4n) is 4.20. The van der Waals surface area contributed by atoms with Crippen molar-refractivity contribution in [2.45, 2.75) is 88.9 Å². The van der Waals surface area contributed by atoms with E-state index >= 15 is 4.39 Å². The van der Waals surface area contributed by atoms with E-state index in [1.807, 2.05) is 27.7 Å². The highest BCUT2D eigenvalue weighted by Crippen LogP contribution is 2.56. The summed E-state index contributed by atoms with van der Waals surface area (Å²) in [5, 5.41) is 0. The number of ether oxygens (including phenoxy) is 1. The van der Waals surface area contributed by atoms with Crippen LogP contribution in [0.5, 0.6) is 0 Å². The summed E-state index contributed by atoms with van der Waals surface area (Å²) in [7, 11) is -0.968. The minimum absolute atomic E-state index is 0.187. The van der Waals surface area contributed by atoms with Crippen LogP contribution in [-0.2, 0) is 25.0 Å². The molecule has 0 radical (unpaired) electrons. The number of aliphatic imine (C=N–C) groups is 1. The molecule has 2 atom stereocenters. The Hall–Kier alpha value is -1.70. The quantitative estimate of drug-likeness (QED) is 0.415. The number of amides is 1. The van der Waals surface area contributed by atoms with E-state index in [1.54, 1.807) is 32.9 Å². The summed E-state index contributed by atoms with van der Waals surface area (Å²) in [6, 6.07) is 3.58. The smallest absolute Gasteiger partial charge is 0.443 e. The maximum atomic E-state index is 15.3. The van der Waals surface area contributed by atoms with Gasteiger partial charge in [-0.1, -0.05) is 12.1 Å². The van der Waals surface area contributed by atoms with Gasteiger partial charge < -0.3 is 14.0 Å². The molecule has 4 rings (SSSR count). The fourth-order valence-corrected chi connectivity index (χ4v) is 6.22. The van der Waals surface area contributed by atoms with E-state index in [2.05, 4.69) is 4.99 Å². The van der Waals surface area contributed by atoms with E-state index in [1.165, 1.54) is 17.4 Å². The Morgan fingerprint density at radius 2 is 1.83 bits per heavy atom. The number of halogens is 2. The van der Waals surface area contributed by atoms with Crippen LogP contribution in [-0.4, -0.2) is 60.6 Å². The summed E-state index contributed by atoms with van der Waals surface area (Å²) >= 11 is -0.406. The SMILES string of the molecule is CN1C(N(SF)C(=O)OC(C)(C)C)=NC(c2cc(B3OC(C)(C)C(C)(C)O3)ccc2F)C2(CC2)S1=O. The minimum Gasteiger partial charge on any atom is -0.443 e. The van der Waals surface area contributed by atoms with Gasteiger partial charge in [-0.2, -0.15) is 4.31 Å². The van der Waals surface area contributed by atoms with E-state index in [9.17, 15) is 12.9 Å². The summed E-state index contributed by atoms with van der Waals surface area (Å²) in [6.07, 6.45) is 0.0798. The van der Waals surface area contributed by atoms with Crippen molar-refractivity contribution in [3.63, 3.8) is 0 Å². The van der Waals surface area contributed by atoms with Gasteiger partial charge in [0.2, 0.25) is 5.96 Å². The molecule has 2 heterocycles. The molecule has 3 aliphatic rings. The van der Waals surface area contributed by atoms with E-state index in [4.69, 9.17) is 14.0 Å². The van der Waals surface area contributed by atoms with Gasteiger partial charge >= 0.3 is 13.2 Å². The zero-order valence-corrected chi connectivity index (χ0v) is 23.4. The number of hydrogen-bond acceptors (Lipinski definition) is 7. The Kier molecular flexibility index (Phi) is 6.80. The minimum atomic E-state index is -1.70. The van der Waals surface area contributed by atoms with Crippen molar-refractivity contribution in [3.8, 4) is 0 Å². The zero-order chi connectivity index (χ0) is 26.8. The molecule has 0 bridgehead atoms. The topological polar surface area (TPSA) is 80.7 Å². The predicted octanol–water partition coefficient (Wildman–Crippen LogP) is 4.43. The third-order valence-corrected chi connectivity index (χ3v) is 9.45. The second-order valence-corrected chi connectivity index (χ2v) is 13.7. The third-order valence-electron chi connectivity index (χ3n) is 7.01. The molecule has 1 amide bonds. The molecule has 198 valence electrons. The van der Waals surface area contributed by atoms with Crippen molar-refractivity contribution in [2.24, 2.45) is 4.99 Å². The number of benzene rings is 1. The average Bonchev–Trinajstić information content (AvgIpc) is 3.50. The average molecular weight is 543 g/mol. The van der Waals surface area contributed by atoms with Gasteiger partial charge in [-0.3, -0.25) is 4.31 Å². The van der Waals surface area contributed by atoms with Crippen LogP contribution in [0.15, 0.2) is 23.2 Å². The van der Waals surface area contributed by atoms with E-state index < -0.39 is 69.9 Å². The van der Waals surface area contributed by atoms with Crippen LogP contribution < -0.4 is 5.46 Å². The lowest BCUT2D eigenvalue weighted by Crippen LogP contribution is -2.51. The van der Waals surface area contributed by atoms with Crippen LogP contribution in [0.1, 0.15) is 72.9 Å². The summed E-state index contributed by atoms with van der Waals surface area (Å²) in [6.45, 7) is 12.6. The molecular formula is C23H32BF2N3O5S2. The van der Waals surface area contributed by atoms with Gasteiger partial charge in [0.15, 0.2) is 12.3 Å². The first-order valence-corrected chi connectivity index (χ1v) is 13.5. The van der Waals surface area contributed by atoms with Crippen molar-refractivity contribution < 1.29 is 31.3 Å². The highest BCUT2D eigenvalue weighted by atomic mass is 32.2. The van der Waals surface area contributed by atoms with Crippen LogP contribution >= 0.6 is 12.3 Å². The molecular weight excluding hydrogens is 511 g/mol. The van der Waals surface area contributed by atoms with Crippen LogP contribution in [0.3, 0.4) is 0 Å². The summed E-state index contributed by atoms with van der Waals surface area (Å²) < 4.78 is 61.4. The van der Waals surface area contributed by atoms with Crippen molar-refractivity contribution in [1.82, 2.24) is 8.61 Å². The van der Waals surface area contributed by atoms with E-state index in [0.29, 0.717) is 22.6 Å². The molecule has 1 aromatic carbocycles. The second kappa shape index (κ2) is 8.95. The number of carbonyl (C=O) groups excluding carboxylic acids is 1.